The van der Waals surface area contributed by atoms with Crippen molar-refractivity contribution >= 4 is 114 Å². The highest BCUT2D eigenvalue weighted by atomic mass is 32.1. The molecule has 0 radical (unpaired) electrons. The number of phenols is 1. The van der Waals surface area contributed by atoms with Crippen molar-refractivity contribution < 1.29 is 87.5 Å². The molecule has 2 aliphatic heterocycles. The summed E-state index contributed by atoms with van der Waals surface area (Å²) in [6, 6.07) is -3.78. The molecule has 0 bridgehead atoms. The number of aliphatic hydroxyl groups excluding tert-OH is 2. The highest BCUT2D eigenvalue weighted by Crippen LogP contribution is 2.28. The first-order valence-electron chi connectivity index (χ1n) is 35.0. The fourth-order valence-corrected chi connectivity index (χ4v) is 12.0. The van der Waals surface area contributed by atoms with Gasteiger partial charge in [0.15, 0.2) is 5.96 Å². The zero-order valence-corrected chi connectivity index (χ0v) is 61.9. The van der Waals surface area contributed by atoms with Gasteiger partial charge in [-0.15, -0.1) is 0 Å². The first-order valence-corrected chi connectivity index (χ1v) is 36.3. The number of guanidine groups is 1. The molecular weight excluding hydrogens is 1410 g/mol. The van der Waals surface area contributed by atoms with Crippen LogP contribution in [-0.4, -0.2) is 248 Å². The summed E-state index contributed by atoms with van der Waals surface area (Å²) in [5.41, 5.74) is 12.0. The second-order valence-electron chi connectivity index (χ2n) is 26.2. The first-order chi connectivity index (χ1) is 49.7. The molecule has 2 heterocycles. The Morgan fingerprint density at radius 1 is 0.552 bits per heavy atom. The highest BCUT2D eigenvalue weighted by molar-refractivity contribution is 7.80. The molecule has 2 fully saturated rings. The quantitative estimate of drug-likeness (QED) is 0.0129. The number of hydrogen-bond acceptors (Lipinski definition) is 21. The molecule has 4 rings (SSSR count). The SMILES string of the molecule is CC[C@H](NC(=O)[C@H](C)NC(=O)[C@H](CCCNC(=N)N)NC(=O)CNC(=O)[C@@H](N)CS)C(=O)N[C@H](C(=O)N[C@@H](Cc1ccc(O)cc1)C(=O)N[C@@H](CO)C(=O)N[C@H](C(=O)N1CCC[C@H]1C(=O)N1CCC[C@H]1C(=O)N[C@H](C(=O)N[C@@H](CS)C(=O)N[C@@H](Cc1ccccc1)C(=O)O)[C@@H](C)CC)[C@@H](C)CC)[C@@H](C)O. The summed E-state index contributed by atoms with van der Waals surface area (Å²) < 4.78 is 0. The third kappa shape index (κ3) is 27.3. The van der Waals surface area contributed by atoms with Gasteiger partial charge in [0.25, 0.3) is 0 Å². The number of carboxylic acid groups (broad SMARTS) is 1. The van der Waals surface area contributed by atoms with E-state index in [1.165, 1.54) is 47.9 Å². The number of thiol groups is 2. The maximum Gasteiger partial charge on any atom is 0.326 e. The van der Waals surface area contributed by atoms with Crippen molar-refractivity contribution in [3.8, 4) is 5.75 Å². The fourth-order valence-electron chi connectivity index (χ4n) is 11.5. The van der Waals surface area contributed by atoms with Crippen LogP contribution in [0.4, 0.5) is 0 Å². The predicted molar refractivity (Wildman–Crippen MR) is 390 cm³/mol. The number of benzene rings is 2. The van der Waals surface area contributed by atoms with Gasteiger partial charge in [0.1, 0.15) is 78.3 Å². The Hall–Kier alpha value is -9.33. The fraction of sp³-hybridized carbons (Fsp3) is 0.603. The minimum absolute atomic E-state index is 0.0115. The molecule has 0 aliphatic carbocycles. The Balaban J connectivity index is 1.47. The number of phenolic OH excluding ortho intramolecular Hbond substituents is 1. The van der Waals surface area contributed by atoms with E-state index in [-0.39, 0.29) is 87.8 Å². The van der Waals surface area contributed by atoms with Gasteiger partial charge in [-0.3, -0.25) is 67.7 Å². The maximum atomic E-state index is 14.8. The van der Waals surface area contributed by atoms with E-state index in [2.05, 4.69) is 89.1 Å². The second kappa shape index (κ2) is 43.8. The third-order valence-electron chi connectivity index (χ3n) is 18.2. The molecule has 0 spiro atoms. The Morgan fingerprint density at radius 3 is 1.65 bits per heavy atom. The van der Waals surface area contributed by atoms with Crippen molar-refractivity contribution in [1.82, 2.24) is 73.6 Å². The minimum atomic E-state index is -1.83. The van der Waals surface area contributed by atoms with Crippen LogP contribution in [0.3, 0.4) is 0 Å². The molecule has 13 amide bonds. The zero-order valence-electron chi connectivity index (χ0n) is 60.1. The molecule has 2 saturated heterocycles. The number of rotatable bonds is 42. The Bertz CT molecular complexity index is 3340. The molecule has 582 valence electrons. The monoisotopic (exact) mass is 1510 g/mol. The average Bonchev–Trinajstić information content (AvgIpc) is 1.68. The van der Waals surface area contributed by atoms with E-state index in [9.17, 15) is 87.5 Å². The van der Waals surface area contributed by atoms with Crippen LogP contribution in [0.25, 0.3) is 0 Å². The van der Waals surface area contributed by atoms with Crippen LogP contribution in [0.5, 0.6) is 5.75 Å². The highest BCUT2D eigenvalue weighted by Gasteiger charge is 2.46. The number of aliphatic carboxylic acids is 1. The number of carboxylic acids is 1. The molecule has 2 aliphatic rings. The minimum Gasteiger partial charge on any atom is -0.508 e. The smallest absolute Gasteiger partial charge is 0.326 e. The van der Waals surface area contributed by atoms with Crippen LogP contribution in [-0.2, 0) is 80.0 Å². The molecule has 16 atom stereocenters. The Labute approximate surface area is 620 Å². The lowest BCUT2D eigenvalue weighted by molar-refractivity contribution is -0.149. The summed E-state index contributed by atoms with van der Waals surface area (Å²) in [7, 11) is 0. The molecule has 2 aromatic rings. The van der Waals surface area contributed by atoms with Crippen LogP contribution in [0, 0.1) is 17.2 Å². The van der Waals surface area contributed by atoms with E-state index in [0.717, 1.165) is 6.92 Å². The standard InChI is InChI=1S/C68H105N17O18S2/c1-8-35(4)52(63(98)80-48(34-105)61(96)78-46(67(102)103)30-39-17-12-11-13-18-39)81-62(97)49-20-15-27-84(49)65(100)50-21-16-28-85(50)66(101)53(36(5)9-2)82-60(95)47(32-86)79-59(94)45(29-40-22-24-41(88)25-23-40)77-64(99)54(38(7)87)83-57(92)43(10-3)76-55(90)37(6)74-58(93)44(19-14-26-72-68(70)71)75-51(89)31-73-56(91)42(69)33-104/h11-13,17-18,22-25,35-38,42-50,52-54,86-88,104-105H,8-10,14-16,19-21,26-34,69H2,1-7H3,(H,73,91)(H,74,93)(H,75,89)(H,76,90)(H,77,99)(H,78,96)(H,79,94)(H,80,98)(H,81,97)(H,82,95)(H,83,92)(H,102,103)(H4,70,71,72)/t35-,36-,37-,38+,42-,43-,44-,45-,46-,47-,48-,49-,50-,52-,53-,54-/m0/s1. The molecule has 21 N–H and O–H groups in total. The summed E-state index contributed by atoms with van der Waals surface area (Å²) in [4.78, 5) is 195. The van der Waals surface area contributed by atoms with E-state index in [4.69, 9.17) is 16.9 Å². The summed E-state index contributed by atoms with van der Waals surface area (Å²) in [6.45, 7) is 9.50. The van der Waals surface area contributed by atoms with Gasteiger partial charge in [-0.2, -0.15) is 25.3 Å². The van der Waals surface area contributed by atoms with E-state index in [0.29, 0.717) is 36.8 Å². The van der Waals surface area contributed by atoms with E-state index in [1.807, 2.05) is 0 Å². The lowest BCUT2D eigenvalue weighted by atomic mass is 9.96. The number of hydrogen-bond donors (Lipinski definition) is 21. The number of aliphatic hydroxyl groups is 2. The number of nitrogens with two attached hydrogens (primary N) is 2. The molecule has 105 heavy (non-hydrogen) atoms. The summed E-state index contributed by atoms with van der Waals surface area (Å²) in [6.07, 6.45) is -0.259. The van der Waals surface area contributed by atoms with Crippen LogP contribution in [0.15, 0.2) is 54.6 Å². The summed E-state index contributed by atoms with van der Waals surface area (Å²) in [5.74, 6) is -14.2. The number of carbonyl (C=O) groups is 14. The summed E-state index contributed by atoms with van der Waals surface area (Å²) >= 11 is 8.21. The number of aromatic hydroxyl groups is 1. The number of amides is 13. The van der Waals surface area contributed by atoms with Gasteiger partial charge in [-0.1, -0.05) is 89.9 Å². The van der Waals surface area contributed by atoms with Gasteiger partial charge in [0.05, 0.1) is 25.3 Å². The van der Waals surface area contributed by atoms with Gasteiger partial charge in [-0.05, 0) is 93.9 Å². The molecule has 35 nitrogen and oxygen atoms in total. The number of carbonyl (C=O) groups excluding carboxylic acids is 13. The van der Waals surface area contributed by atoms with Crippen LogP contribution < -0.4 is 75.3 Å². The molecule has 0 unspecified atom stereocenters. The molecule has 2 aromatic carbocycles. The van der Waals surface area contributed by atoms with Crippen molar-refractivity contribution in [3.63, 3.8) is 0 Å². The van der Waals surface area contributed by atoms with Crippen LogP contribution >= 0.6 is 25.3 Å². The van der Waals surface area contributed by atoms with Crippen molar-refractivity contribution in [1.29, 1.82) is 5.41 Å². The number of likely N-dealkylation sites (tertiary alicyclic amines) is 2. The lowest BCUT2D eigenvalue weighted by Crippen LogP contribution is -2.63. The molecular formula is C68H105N17O18S2. The maximum absolute atomic E-state index is 14.8. The van der Waals surface area contributed by atoms with Gasteiger partial charge >= 0.3 is 5.97 Å². The van der Waals surface area contributed by atoms with Gasteiger partial charge in [0.2, 0.25) is 76.8 Å². The normalized spacial score (nSPS) is 18.1. The third-order valence-corrected chi connectivity index (χ3v) is 19.0. The number of nitrogens with zero attached hydrogens (tertiary/aromatic N) is 2. The Kier molecular flexibility index (Phi) is 36.8. The van der Waals surface area contributed by atoms with Gasteiger partial charge in [-0.25, -0.2) is 4.79 Å². The zero-order chi connectivity index (χ0) is 78.4. The lowest BCUT2D eigenvalue weighted by Gasteiger charge is -2.35. The van der Waals surface area contributed by atoms with Crippen LogP contribution in [0.2, 0.25) is 0 Å². The van der Waals surface area contributed by atoms with E-state index >= 15 is 0 Å². The second-order valence-corrected chi connectivity index (χ2v) is 26.9. The number of nitrogens with one attached hydrogen (secondary N) is 13. The largest absolute Gasteiger partial charge is 0.508 e. The van der Waals surface area contributed by atoms with Crippen LogP contribution in [0.1, 0.15) is 117 Å². The molecule has 0 aromatic heterocycles. The molecule has 37 heteroatoms. The summed E-state index contributed by atoms with van der Waals surface area (Å²) in [5, 5.41) is 79.1. The van der Waals surface area contributed by atoms with Crippen molar-refractivity contribution in [2.45, 2.75) is 204 Å². The Morgan fingerprint density at radius 2 is 1.07 bits per heavy atom. The average molecular weight is 1510 g/mol. The van der Waals surface area contributed by atoms with Gasteiger partial charge in [0, 0.05) is 44.0 Å². The topological polar surface area (TPSA) is 547 Å². The van der Waals surface area contributed by atoms with Gasteiger partial charge < -0.3 is 105 Å². The first kappa shape index (κ1) is 88.1. The van der Waals surface area contributed by atoms with Crippen molar-refractivity contribution in [3.05, 3.63) is 65.7 Å². The van der Waals surface area contributed by atoms with Crippen molar-refractivity contribution in [2.24, 2.45) is 23.3 Å². The predicted octanol–water partition coefficient (Wildman–Crippen LogP) is -4.45. The van der Waals surface area contributed by atoms with Crippen molar-refractivity contribution in [2.75, 3.05) is 44.3 Å². The van der Waals surface area contributed by atoms with E-state index in [1.54, 1.807) is 58.0 Å². The van der Waals surface area contributed by atoms with E-state index < -0.39 is 192 Å². The molecule has 0 saturated carbocycles.